The van der Waals surface area contributed by atoms with Crippen molar-refractivity contribution in [1.82, 2.24) is 35.6 Å². The molecule has 0 saturated carbocycles. The van der Waals surface area contributed by atoms with Crippen molar-refractivity contribution in [3.63, 3.8) is 0 Å². The van der Waals surface area contributed by atoms with Crippen LogP contribution in [-0.2, 0) is 38.5 Å². The van der Waals surface area contributed by atoms with E-state index in [-0.39, 0.29) is 141 Å². The van der Waals surface area contributed by atoms with Crippen LogP contribution in [0.2, 0.25) is 0 Å². The second-order valence-corrected chi connectivity index (χ2v) is 26.7. The van der Waals surface area contributed by atoms with Gasteiger partial charge < -0.3 is 25.5 Å². The first-order valence-corrected chi connectivity index (χ1v) is 35.7. The first-order valence-electron chi connectivity index (χ1n) is 35.7. The summed E-state index contributed by atoms with van der Waals surface area (Å²) < 4.78 is 0. The van der Waals surface area contributed by atoms with Crippen LogP contribution >= 0.6 is 0 Å². The zero-order chi connectivity index (χ0) is 82.3. The molecule has 0 radical (unpaired) electrons. The van der Waals surface area contributed by atoms with E-state index < -0.39 is 29.5 Å². The number of phenols is 2. The predicted octanol–water partition coefficient (Wildman–Crippen LogP) is 14.0. The van der Waals surface area contributed by atoms with E-state index in [4.69, 9.17) is 0 Å². The molecule has 14 rings (SSSR count). The van der Waals surface area contributed by atoms with Gasteiger partial charge in [-0.2, -0.15) is 20.5 Å². The van der Waals surface area contributed by atoms with Gasteiger partial charge in [0.15, 0.2) is 57.8 Å². The summed E-state index contributed by atoms with van der Waals surface area (Å²) in [6, 6.07) is 63.2. The molecule has 0 saturated heterocycles. The van der Waals surface area contributed by atoms with E-state index in [0.717, 1.165) is 29.3 Å². The van der Waals surface area contributed by atoms with Crippen molar-refractivity contribution in [1.29, 1.82) is 0 Å². The zero-order valence-electron chi connectivity index (χ0n) is 61.3. The smallest absolute Gasteiger partial charge is 0.336 e. The molecule has 0 aliphatic heterocycles. The fourth-order valence-corrected chi connectivity index (χ4v) is 12.5. The monoisotopic (exact) mass is 1540 g/mol. The minimum atomic E-state index is -1.37. The Balaban J connectivity index is 0.000000162. The van der Waals surface area contributed by atoms with Gasteiger partial charge in [-0.25, -0.2) is 14.4 Å². The number of nitrogens with zero attached hydrogens (tertiary/aromatic N) is 5. The lowest BCUT2D eigenvalue weighted by atomic mass is 9.93. The number of carbonyl (C=O) groups is 13. The van der Waals surface area contributed by atoms with Crippen LogP contribution in [0.25, 0.3) is 21.9 Å². The van der Waals surface area contributed by atoms with Crippen LogP contribution in [0.4, 0.5) is 0 Å². The number of benzene rings is 10. The molecule has 10 aromatic carbocycles. The molecular formula is C91H65N7O18. The second kappa shape index (κ2) is 35.8. The van der Waals surface area contributed by atoms with Crippen molar-refractivity contribution in [2.24, 2.45) is 0 Å². The molecule has 4 aromatic heterocycles. The van der Waals surface area contributed by atoms with Crippen LogP contribution in [0, 0.1) is 0 Å². The number of hydrogen-bond donors (Lipinski definition) is 7. The molecule has 14 aromatic rings. The number of pyridine rings is 2. The summed E-state index contributed by atoms with van der Waals surface area (Å²) in [6.07, 6.45) is 4.96. The molecule has 0 unspecified atom stereocenters. The molecule has 0 aliphatic rings. The maximum Gasteiger partial charge on any atom is 0.336 e. The van der Waals surface area contributed by atoms with Crippen LogP contribution in [0.1, 0.15) is 192 Å². The maximum atomic E-state index is 13.1. The molecule has 0 aliphatic carbocycles. The molecule has 4 heterocycles. The van der Waals surface area contributed by atoms with Crippen molar-refractivity contribution in [2.45, 2.75) is 45.4 Å². The highest BCUT2D eigenvalue weighted by Crippen LogP contribution is 2.29. The Hall–Kier alpha value is -15.9. The molecule has 7 N–H and O–H groups in total. The van der Waals surface area contributed by atoms with E-state index in [1.807, 2.05) is 0 Å². The van der Waals surface area contributed by atoms with Gasteiger partial charge >= 0.3 is 17.9 Å². The molecule has 0 spiro atoms. The molecule has 0 fully saturated rings. The van der Waals surface area contributed by atoms with Crippen LogP contribution in [0.15, 0.2) is 261 Å². The number of H-pyrrole nitrogens is 2. The Bertz CT molecular complexity index is 5830. The number of rotatable bonds is 28. The topological polar surface area (TPSA) is 419 Å². The quantitative estimate of drug-likeness (QED) is 0.0224. The largest absolute Gasteiger partial charge is 0.507 e. The van der Waals surface area contributed by atoms with Gasteiger partial charge in [0.25, 0.3) is 0 Å². The predicted molar refractivity (Wildman–Crippen MR) is 423 cm³/mol. The summed E-state index contributed by atoms with van der Waals surface area (Å²) in [5.41, 5.74) is 8.69. The number of Topliss-reactive ketones (excluding diaryl/α,β-unsaturated/α-hetero) is 7. The Morgan fingerprint density at radius 3 is 0.974 bits per heavy atom. The SMILES string of the molecule is CC(=O)c1ccc(C(=O)O)cc1C(=O)Cc1ccc(C(=O)c2ccc(CC(=O)c3cc(C(=O)O)ccc3C(=O)O)cc2)cc1.O=C(c1ccc(CC(=O)c2cc3n[nH]nc3cc2O)cc1)c1ccc(CC(=O)c2cc3[nH]ncc3cc2O)cc1.O=C(c1ccc(CC(=O)c2ccccn2)cc1)c1ccc(CC(=O)c2ccccn2)cc1. The Morgan fingerprint density at radius 2 is 0.629 bits per heavy atom. The minimum Gasteiger partial charge on any atom is -0.507 e. The average Bonchev–Trinajstić information content (AvgIpc) is 1.40. The molecule has 0 atom stereocenters. The number of aromatic nitrogens is 7. The van der Waals surface area contributed by atoms with E-state index in [0.29, 0.717) is 89.0 Å². The fraction of sp³-hybridized carbons (Fsp3) is 0.0769. The summed E-state index contributed by atoms with van der Waals surface area (Å²) in [7, 11) is 0. The lowest BCUT2D eigenvalue weighted by Crippen LogP contribution is -2.13. The Labute approximate surface area is 658 Å². The number of carboxylic acid groups (broad SMARTS) is 3. The highest BCUT2D eigenvalue weighted by molar-refractivity contribution is 6.13. The standard InChI is InChI=1S/C34H24O10.C30H21N5O5.C27H20N2O3/c1-18(35)25-12-10-23(32(39)40)16-27(25)29(36)14-19-2-6-21(7-3-19)31(38)22-8-4-20(5-9-22)15-30(37)28-17-24(33(41)42)11-13-26(28)34(43)44;36-26(21-12-23-20(11-28(21)38)15-31-32-23)9-16-1-5-18(6-2-16)30(40)19-7-3-17(4-8-19)10-27(37)22-13-24-25(14-29(22)39)34-35-33-24;30-25(23-5-1-3-15-28-23)17-19-7-11-21(12-8-19)27(32)22-13-9-20(10-14-22)18-26(31)24-6-2-4-16-29-24/h2-13,16-17H,14-15H2,1H3,(H,39,40)(H,41,42)(H,43,44);1-8,11-15,38-39H,9-10H2,(H,31,32)(H,33,34,35);1-16H,17-18H2. The maximum absolute atomic E-state index is 13.1. The van der Waals surface area contributed by atoms with E-state index in [9.17, 15) is 87.9 Å². The van der Waals surface area contributed by atoms with E-state index in [1.54, 1.807) is 170 Å². The number of hydrogen-bond acceptors (Lipinski definition) is 20. The van der Waals surface area contributed by atoms with Gasteiger partial charge in [-0.1, -0.05) is 158 Å². The first-order chi connectivity index (χ1) is 55.8. The van der Waals surface area contributed by atoms with Gasteiger partial charge in [0.2, 0.25) is 0 Å². The highest BCUT2D eigenvalue weighted by atomic mass is 16.4. The number of aromatic hydroxyl groups is 2. The highest BCUT2D eigenvalue weighted by Gasteiger charge is 2.24. The average molecular weight is 1540 g/mol. The molecular weight excluding hydrogens is 1480 g/mol. The van der Waals surface area contributed by atoms with Crippen LogP contribution in [0.5, 0.6) is 11.5 Å². The zero-order valence-corrected chi connectivity index (χ0v) is 61.3. The number of fused-ring (bicyclic) bond motifs is 2. The second-order valence-electron chi connectivity index (χ2n) is 26.7. The molecule has 0 bridgehead atoms. The number of ketones is 10. The van der Waals surface area contributed by atoms with Crippen molar-refractivity contribution >= 4 is 97.7 Å². The number of carbonyl (C=O) groups excluding carboxylic acids is 10. The number of nitrogens with one attached hydrogen (secondary N) is 2. The number of carboxylic acids is 3. The number of phenolic OH excluding ortho intramolecular Hbond substituents is 2. The summed E-state index contributed by atoms with van der Waals surface area (Å²) >= 11 is 0. The van der Waals surface area contributed by atoms with Crippen molar-refractivity contribution in [2.75, 3.05) is 0 Å². The van der Waals surface area contributed by atoms with Crippen LogP contribution < -0.4 is 0 Å². The van der Waals surface area contributed by atoms with Gasteiger partial charge in [0.1, 0.15) is 33.9 Å². The van der Waals surface area contributed by atoms with Crippen LogP contribution in [0.3, 0.4) is 0 Å². The van der Waals surface area contributed by atoms with E-state index >= 15 is 0 Å². The number of aromatic carboxylic acids is 3. The van der Waals surface area contributed by atoms with Gasteiger partial charge in [-0.05, 0) is 119 Å². The normalized spacial score (nSPS) is 10.8. The molecule has 0 amide bonds. The molecule has 25 heteroatoms. The summed E-state index contributed by atoms with van der Waals surface area (Å²) in [5.74, 6) is -6.93. The van der Waals surface area contributed by atoms with Gasteiger partial charge in [0, 0.05) is 112 Å². The third-order valence-electron chi connectivity index (χ3n) is 18.7. The molecule has 572 valence electrons. The fourth-order valence-electron chi connectivity index (χ4n) is 12.5. The van der Waals surface area contributed by atoms with Crippen molar-refractivity contribution in [3.05, 3.63) is 384 Å². The number of aromatic amines is 2. The van der Waals surface area contributed by atoms with Gasteiger partial charge in [0.05, 0.1) is 39.5 Å². The van der Waals surface area contributed by atoms with Crippen molar-refractivity contribution < 1.29 is 87.9 Å². The summed E-state index contributed by atoms with van der Waals surface area (Å²) in [4.78, 5) is 169. The van der Waals surface area contributed by atoms with Crippen LogP contribution in [-0.4, -0.2) is 137 Å². The lowest BCUT2D eigenvalue weighted by Gasteiger charge is -2.09. The lowest BCUT2D eigenvalue weighted by molar-refractivity contribution is 0.0678. The third kappa shape index (κ3) is 19.4. The molecule has 25 nitrogen and oxygen atoms in total. The summed E-state index contributed by atoms with van der Waals surface area (Å²) in [6.45, 7) is 1.28. The molecule has 116 heavy (non-hydrogen) atoms. The summed E-state index contributed by atoms with van der Waals surface area (Å²) in [5, 5.41) is 66.0. The van der Waals surface area contributed by atoms with Gasteiger partial charge in [-0.3, -0.25) is 63.0 Å². The Kier molecular flexibility index (Phi) is 24.6. The van der Waals surface area contributed by atoms with Gasteiger partial charge in [-0.15, -0.1) is 0 Å². The van der Waals surface area contributed by atoms with Crippen molar-refractivity contribution in [3.8, 4) is 11.5 Å². The first kappa shape index (κ1) is 79.6. The third-order valence-corrected chi connectivity index (χ3v) is 18.7. The Morgan fingerprint density at radius 1 is 0.310 bits per heavy atom. The minimum absolute atomic E-state index is 0.00454. The van der Waals surface area contributed by atoms with E-state index in [2.05, 4.69) is 35.6 Å². The van der Waals surface area contributed by atoms with E-state index in [1.165, 1.54) is 79.7 Å².